The number of nitrogens with zero attached hydrogens (tertiary/aromatic N) is 4. The monoisotopic (exact) mass is 522 g/mol. The normalized spacial score (nSPS) is 12.8. The number of halogens is 7. The van der Waals surface area contributed by atoms with E-state index >= 15 is 0 Å². The number of carbonyl (C=O) groups excluding carboxylic acids is 1. The Morgan fingerprint density at radius 3 is 2.14 bits per heavy atom. The lowest BCUT2D eigenvalue weighted by Gasteiger charge is -2.27. The second-order valence-corrected chi connectivity index (χ2v) is 9.55. The molecule has 0 aliphatic carbocycles. The Labute approximate surface area is 201 Å². The van der Waals surface area contributed by atoms with Crippen LogP contribution in [0.3, 0.4) is 0 Å². The van der Waals surface area contributed by atoms with Crippen LogP contribution in [0.15, 0.2) is 34.9 Å². The zero-order valence-corrected chi connectivity index (χ0v) is 19.8. The first-order valence-electron chi connectivity index (χ1n) is 10.2. The number of carbonyl (C=O) groups is 1. The van der Waals surface area contributed by atoms with Crippen LogP contribution in [0.2, 0.25) is 5.02 Å². The van der Waals surface area contributed by atoms with Gasteiger partial charge >= 0.3 is 12.4 Å². The first-order chi connectivity index (χ1) is 16.0. The topological polar surface area (TPSA) is 64.2 Å². The van der Waals surface area contributed by atoms with Crippen LogP contribution in [-0.2, 0) is 18.9 Å². The van der Waals surface area contributed by atoms with Gasteiger partial charge in [0.1, 0.15) is 17.9 Å². The molecule has 0 N–H and O–H groups in total. The first kappa shape index (κ1) is 26.6. The molecule has 0 radical (unpaired) electrons. The fraction of sp³-hybridized carbons (Fsp3) is 0.409. The summed E-state index contributed by atoms with van der Waals surface area (Å²) in [5.74, 6) is -3.14. The van der Waals surface area contributed by atoms with E-state index < -0.39 is 47.9 Å². The molecule has 35 heavy (non-hydrogen) atoms. The predicted octanol–water partition coefficient (Wildman–Crippen LogP) is 6.40. The van der Waals surface area contributed by atoms with Crippen LogP contribution >= 0.6 is 11.6 Å². The molecule has 3 aromatic rings. The molecule has 190 valence electrons. The van der Waals surface area contributed by atoms with E-state index in [1.54, 1.807) is 0 Å². The highest BCUT2D eigenvalue weighted by molar-refractivity contribution is 6.30. The summed E-state index contributed by atoms with van der Waals surface area (Å²) >= 11 is 5.90. The van der Waals surface area contributed by atoms with Crippen molar-refractivity contribution >= 4 is 17.5 Å². The van der Waals surface area contributed by atoms with Crippen LogP contribution in [-0.4, -0.2) is 39.1 Å². The molecule has 0 saturated heterocycles. The van der Waals surface area contributed by atoms with Crippen LogP contribution < -0.4 is 0 Å². The lowest BCUT2D eigenvalue weighted by atomic mass is 9.96. The Kier molecular flexibility index (Phi) is 7.00. The molecule has 0 saturated carbocycles. The van der Waals surface area contributed by atoms with Gasteiger partial charge in [-0.15, -0.1) is 0 Å². The second kappa shape index (κ2) is 9.21. The SMILES string of the molecule is CN(CC(C)(C)C)C(=O)c1c(-c2ccc(Cl)cc2)cc(C(F)(F)F)n1Cc1nc(C(F)(F)F)no1. The molecule has 0 bridgehead atoms. The molecule has 0 spiro atoms. The summed E-state index contributed by atoms with van der Waals surface area (Å²) in [6.07, 6.45) is -9.90. The minimum absolute atomic E-state index is 0.0738. The molecule has 1 amide bonds. The molecule has 0 unspecified atom stereocenters. The number of amides is 1. The average Bonchev–Trinajstić information content (AvgIpc) is 3.32. The Balaban J connectivity index is 2.23. The van der Waals surface area contributed by atoms with Gasteiger partial charge in [-0.3, -0.25) is 4.79 Å². The summed E-state index contributed by atoms with van der Waals surface area (Å²) in [4.78, 5) is 17.9. The highest BCUT2D eigenvalue weighted by Gasteiger charge is 2.41. The van der Waals surface area contributed by atoms with Gasteiger partial charge in [0.2, 0.25) is 5.89 Å². The molecule has 3 rings (SSSR count). The molecule has 6 nitrogen and oxygen atoms in total. The number of alkyl halides is 6. The van der Waals surface area contributed by atoms with Gasteiger partial charge in [0.05, 0.1) is 0 Å². The van der Waals surface area contributed by atoms with Gasteiger partial charge in [-0.2, -0.15) is 31.3 Å². The van der Waals surface area contributed by atoms with E-state index in [0.29, 0.717) is 9.59 Å². The number of hydrogen-bond acceptors (Lipinski definition) is 4. The molecule has 0 aliphatic heterocycles. The first-order valence-corrected chi connectivity index (χ1v) is 10.6. The summed E-state index contributed by atoms with van der Waals surface area (Å²) < 4.78 is 85.9. The van der Waals surface area contributed by atoms with Crippen LogP contribution in [0.25, 0.3) is 11.1 Å². The van der Waals surface area contributed by atoms with Crippen LogP contribution in [0.5, 0.6) is 0 Å². The smallest absolute Gasteiger partial charge is 0.340 e. The van der Waals surface area contributed by atoms with Crippen molar-refractivity contribution < 1.29 is 35.7 Å². The van der Waals surface area contributed by atoms with Crippen molar-refractivity contribution in [2.45, 2.75) is 39.7 Å². The van der Waals surface area contributed by atoms with Gasteiger partial charge in [-0.05, 0) is 29.2 Å². The molecule has 0 aliphatic rings. The Morgan fingerprint density at radius 1 is 1.06 bits per heavy atom. The van der Waals surface area contributed by atoms with E-state index in [9.17, 15) is 31.1 Å². The van der Waals surface area contributed by atoms with Crippen molar-refractivity contribution in [1.82, 2.24) is 19.6 Å². The lowest BCUT2D eigenvalue weighted by Crippen LogP contribution is -2.36. The van der Waals surface area contributed by atoms with Crippen molar-refractivity contribution in [3.63, 3.8) is 0 Å². The van der Waals surface area contributed by atoms with Crippen molar-refractivity contribution in [1.29, 1.82) is 0 Å². The van der Waals surface area contributed by atoms with E-state index in [1.807, 2.05) is 20.8 Å². The molecular weight excluding hydrogens is 502 g/mol. The van der Waals surface area contributed by atoms with Gasteiger partial charge in [0.25, 0.3) is 11.7 Å². The number of aromatic nitrogens is 3. The van der Waals surface area contributed by atoms with E-state index in [-0.39, 0.29) is 23.1 Å². The molecule has 0 atom stereocenters. The van der Waals surface area contributed by atoms with E-state index in [2.05, 4.69) is 14.7 Å². The summed E-state index contributed by atoms with van der Waals surface area (Å²) in [7, 11) is 1.43. The van der Waals surface area contributed by atoms with Gasteiger partial charge in [-0.25, -0.2) is 0 Å². The average molecular weight is 523 g/mol. The zero-order valence-electron chi connectivity index (χ0n) is 19.1. The van der Waals surface area contributed by atoms with E-state index in [4.69, 9.17) is 11.6 Å². The quantitative estimate of drug-likeness (QED) is 0.364. The maximum Gasteiger partial charge on any atom is 0.455 e. The minimum atomic E-state index is -4.95. The third-order valence-corrected chi connectivity index (χ3v) is 5.07. The standard InChI is InChI=1S/C22H21ClF6N4O2/c1-20(2,3)11-32(4)18(34)17-14(12-5-7-13(23)8-6-12)9-15(21(24,25)26)33(17)10-16-30-19(31-35-16)22(27,28)29/h5-9H,10-11H2,1-4H3. The molecule has 0 fully saturated rings. The van der Waals surface area contributed by atoms with Gasteiger partial charge in [-0.1, -0.05) is 49.7 Å². The minimum Gasteiger partial charge on any atom is -0.340 e. The van der Waals surface area contributed by atoms with Crippen molar-refractivity contribution in [2.75, 3.05) is 13.6 Å². The van der Waals surface area contributed by atoms with E-state index in [0.717, 1.165) is 6.07 Å². The van der Waals surface area contributed by atoms with Crippen molar-refractivity contribution in [2.24, 2.45) is 5.41 Å². The number of hydrogen-bond donors (Lipinski definition) is 0. The largest absolute Gasteiger partial charge is 0.455 e. The molecule has 1 aromatic carbocycles. The zero-order chi connectivity index (χ0) is 26.3. The van der Waals surface area contributed by atoms with Crippen molar-refractivity contribution in [3.05, 3.63) is 58.5 Å². The summed E-state index contributed by atoms with van der Waals surface area (Å²) in [6.45, 7) is 4.81. The predicted molar refractivity (Wildman–Crippen MR) is 115 cm³/mol. The van der Waals surface area contributed by atoms with E-state index in [1.165, 1.54) is 36.2 Å². The fourth-order valence-electron chi connectivity index (χ4n) is 3.56. The molecule has 13 heteroatoms. The van der Waals surface area contributed by atoms with Crippen LogP contribution in [0.4, 0.5) is 26.3 Å². The van der Waals surface area contributed by atoms with Gasteiger partial charge < -0.3 is 14.0 Å². The summed E-state index contributed by atoms with van der Waals surface area (Å²) in [5.41, 5.74) is -1.86. The Hall–Kier alpha value is -3.02. The summed E-state index contributed by atoms with van der Waals surface area (Å²) in [5, 5.41) is 3.12. The third kappa shape index (κ3) is 6.16. The number of benzene rings is 1. The lowest BCUT2D eigenvalue weighted by molar-refractivity contribution is -0.146. The number of rotatable bonds is 5. The van der Waals surface area contributed by atoms with Crippen LogP contribution in [0.1, 0.15) is 48.7 Å². The highest BCUT2D eigenvalue weighted by atomic mass is 35.5. The van der Waals surface area contributed by atoms with Gasteiger partial charge in [0.15, 0.2) is 0 Å². The fourth-order valence-corrected chi connectivity index (χ4v) is 3.69. The Morgan fingerprint density at radius 2 is 1.66 bits per heavy atom. The maximum atomic E-state index is 14.0. The Bertz CT molecular complexity index is 1210. The van der Waals surface area contributed by atoms with Crippen LogP contribution in [0, 0.1) is 5.41 Å². The van der Waals surface area contributed by atoms with Crippen molar-refractivity contribution in [3.8, 4) is 11.1 Å². The summed E-state index contributed by atoms with van der Waals surface area (Å²) in [6, 6.07) is 6.54. The molecular formula is C22H21ClF6N4O2. The molecule has 2 aromatic heterocycles. The van der Waals surface area contributed by atoms with Gasteiger partial charge in [0, 0.05) is 24.2 Å². The second-order valence-electron chi connectivity index (χ2n) is 9.11. The highest BCUT2D eigenvalue weighted by Crippen LogP contribution is 2.38. The third-order valence-electron chi connectivity index (χ3n) is 4.82. The maximum absolute atomic E-state index is 14.0. The molecule has 2 heterocycles.